The molecule has 0 aliphatic carbocycles. The third-order valence-corrected chi connectivity index (χ3v) is 2.77. The Labute approximate surface area is 106 Å². The molecule has 2 N–H and O–H groups in total. The van der Waals surface area contributed by atoms with Crippen LogP contribution < -0.4 is 10.5 Å². The minimum absolute atomic E-state index is 0.313. The van der Waals surface area contributed by atoms with Crippen LogP contribution in [-0.4, -0.2) is 0 Å². The van der Waals surface area contributed by atoms with Crippen molar-refractivity contribution in [2.45, 2.75) is 20.5 Å². The molecule has 0 bridgehead atoms. The number of hydrogen-bond acceptors (Lipinski definition) is 2. The molecule has 0 radical (unpaired) electrons. The van der Waals surface area contributed by atoms with Crippen LogP contribution in [-0.2, 0) is 6.61 Å². The summed E-state index contributed by atoms with van der Waals surface area (Å²) in [7, 11) is 0. The number of halogens is 1. The molecule has 18 heavy (non-hydrogen) atoms. The van der Waals surface area contributed by atoms with Gasteiger partial charge in [0.2, 0.25) is 0 Å². The fraction of sp³-hybridized carbons (Fsp3) is 0.200. The fourth-order valence-corrected chi connectivity index (χ4v) is 1.94. The molecule has 94 valence electrons. The molecule has 0 saturated carbocycles. The van der Waals surface area contributed by atoms with Gasteiger partial charge < -0.3 is 10.5 Å². The van der Waals surface area contributed by atoms with E-state index in [1.54, 1.807) is 6.07 Å². The highest BCUT2D eigenvalue weighted by atomic mass is 19.1. The molecule has 0 aromatic heterocycles. The van der Waals surface area contributed by atoms with Crippen LogP contribution in [0.15, 0.2) is 36.4 Å². The third-order valence-electron chi connectivity index (χ3n) is 2.77. The Kier molecular flexibility index (Phi) is 3.51. The highest BCUT2D eigenvalue weighted by Crippen LogP contribution is 2.23. The Morgan fingerprint density at radius 2 is 1.78 bits per heavy atom. The molecule has 0 unspecified atom stereocenters. The number of benzene rings is 2. The SMILES string of the molecule is Cc1cccc(C)c1OCc1cc(N)cc(F)c1. The normalized spacial score (nSPS) is 10.4. The van der Waals surface area contributed by atoms with E-state index in [2.05, 4.69) is 0 Å². The highest BCUT2D eigenvalue weighted by Gasteiger charge is 2.05. The van der Waals surface area contributed by atoms with Gasteiger partial charge in [-0.3, -0.25) is 0 Å². The van der Waals surface area contributed by atoms with Gasteiger partial charge >= 0.3 is 0 Å². The van der Waals surface area contributed by atoms with Crippen LogP contribution in [0.3, 0.4) is 0 Å². The van der Waals surface area contributed by atoms with Crippen LogP contribution in [0.25, 0.3) is 0 Å². The van der Waals surface area contributed by atoms with Crippen LogP contribution >= 0.6 is 0 Å². The van der Waals surface area contributed by atoms with Crippen molar-refractivity contribution in [1.82, 2.24) is 0 Å². The second-order valence-corrected chi connectivity index (χ2v) is 4.40. The van der Waals surface area contributed by atoms with Crippen molar-refractivity contribution >= 4 is 5.69 Å². The summed E-state index contributed by atoms with van der Waals surface area (Å²) < 4.78 is 18.9. The maximum Gasteiger partial charge on any atom is 0.125 e. The largest absolute Gasteiger partial charge is 0.488 e. The molecule has 2 aromatic rings. The van der Waals surface area contributed by atoms with Crippen molar-refractivity contribution < 1.29 is 9.13 Å². The first kappa shape index (κ1) is 12.4. The summed E-state index contributed by atoms with van der Waals surface area (Å²) in [6.07, 6.45) is 0. The van der Waals surface area contributed by atoms with E-state index in [9.17, 15) is 4.39 Å². The lowest BCUT2D eigenvalue weighted by Gasteiger charge is -2.12. The van der Waals surface area contributed by atoms with E-state index < -0.39 is 0 Å². The zero-order valence-electron chi connectivity index (χ0n) is 10.5. The smallest absolute Gasteiger partial charge is 0.125 e. The summed E-state index contributed by atoms with van der Waals surface area (Å²) in [4.78, 5) is 0. The van der Waals surface area contributed by atoms with Crippen molar-refractivity contribution in [3.05, 3.63) is 58.9 Å². The molecule has 2 nitrogen and oxygen atoms in total. The van der Waals surface area contributed by atoms with Crippen LogP contribution in [0.2, 0.25) is 0 Å². The average molecular weight is 245 g/mol. The number of anilines is 1. The maximum absolute atomic E-state index is 13.2. The predicted octanol–water partition coefficient (Wildman–Crippen LogP) is 3.60. The monoisotopic (exact) mass is 245 g/mol. The molecule has 0 aliphatic rings. The number of nitrogen functional groups attached to an aromatic ring is 1. The zero-order chi connectivity index (χ0) is 13.1. The summed E-state index contributed by atoms with van der Waals surface area (Å²) in [5.41, 5.74) is 8.87. The molecule has 0 saturated heterocycles. The van der Waals surface area contributed by atoms with Gasteiger partial charge in [0.15, 0.2) is 0 Å². The Hall–Kier alpha value is -2.03. The van der Waals surface area contributed by atoms with Gasteiger partial charge in [-0.1, -0.05) is 18.2 Å². The van der Waals surface area contributed by atoms with E-state index in [4.69, 9.17) is 10.5 Å². The number of rotatable bonds is 3. The Morgan fingerprint density at radius 3 is 2.39 bits per heavy atom. The van der Waals surface area contributed by atoms with Crippen LogP contribution in [0.1, 0.15) is 16.7 Å². The summed E-state index contributed by atoms with van der Waals surface area (Å²) in [6, 6.07) is 10.4. The molecule has 0 atom stereocenters. The van der Waals surface area contributed by atoms with E-state index in [1.165, 1.54) is 12.1 Å². The topological polar surface area (TPSA) is 35.2 Å². The van der Waals surface area contributed by atoms with Gasteiger partial charge in [-0.05, 0) is 48.7 Å². The number of aryl methyl sites for hydroxylation is 2. The first-order valence-electron chi connectivity index (χ1n) is 5.80. The summed E-state index contributed by atoms with van der Waals surface area (Å²) in [6.45, 7) is 4.29. The molecular weight excluding hydrogens is 229 g/mol. The molecule has 3 heteroatoms. The minimum atomic E-state index is -0.338. The summed E-state index contributed by atoms with van der Waals surface area (Å²) >= 11 is 0. The Bertz CT molecular complexity index is 526. The van der Waals surface area contributed by atoms with Crippen LogP contribution in [0, 0.1) is 19.7 Å². The lowest BCUT2D eigenvalue weighted by molar-refractivity contribution is 0.301. The predicted molar refractivity (Wildman–Crippen MR) is 71.1 cm³/mol. The van der Waals surface area contributed by atoms with Gasteiger partial charge in [-0.25, -0.2) is 4.39 Å². The maximum atomic E-state index is 13.2. The number of hydrogen-bond donors (Lipinski definition) is 1. The zero-order valence-corrected chi connectivity index (χ0v) is 10.5. The van der Waals surface area contributed by atoms with Gasteiger partial charge in [0.25, 0.3) is 0 Å². The molecule has 0 amide bonds. The Balaban J connectivity index is 2.16. The average Bonchev–Trinajstić information content (AvgIpc) is 2.27. The molecule has 0 heterocycles. The van der Waals surface area contributed by atoms with Crippen molar-refractivity contribution in [1.29, 1.82) is 0 Å². The molecule has 0 spiro atoms. The molecule has 2 rings (SSSR count). The molecule has 0 fully saturated rings. The molecule has 0 aliphatic heterocycles. The highest BCUT2D eigenvalue weighted by molar-refractivity contribution is 5.42. The number of para-hydroxylation sites is 1. The van der Waals surface area contributed by atoms with Crippen LogP contribution in [0.4, 0.5) is 10.1 Å². The van der Waals surface area contributed by atoms with Crippen molar-refractivity contribution in [3.63, 3.8) is 0 Å². The van der Waals surface area contributed by atoms with Crippen molar-refractivity contribution in [2.75, 3.05) is 5.73 Å². The first-order chi connectivity index (χ1) is 8.56. The van der Waals surface area contributed by atoms with E-state index in [1.807, 2.05) is 32.0 Å². The number of nitrogens with two attached hydrogens (primary N) is 1. The van der Waals surface area contributed by atoms with E-state index >= 15 is 0 Å². The van der Waals surface area contributed by atoms with Gasteiger partial charge in [0.05, 0.1) is 0 Å². The Morgan fingerprint density at radius 1 is 1.11 bits per heavy atom. The third kappa shape index (κ3) is 2.80. The van der Waals surface area contributed by atoms with E-state index in [-0.39, 0.29) is 5.82 Å². The molecular formula is C15H16FNO. The number of ether oxygens (including phenoxy) is 1. The van der Waals surface area contributed by atoms with Gasteiger partial charge in [0, 0.05) is 5.69 Å². The lowest BCUT2D eigenvalue weighted by Crippen LogP contribution is -2.00. The fourth-order valence-electron chi connectivity index (χ4n) is 1.94. The van der Waals surface area contributed by atoms with Crippen LogP contribution in [0.5, 0.6) is 5.75 Å². The first-order valence-corrected chi connectivity index (χ1v) is 5.80. The van der Waals surface area contributed by atoms with E-state index in [0.29, 0.717) is 12.3 Å². The second kappa shape index (κ2) is 5.08. The van der Waals surface area contributed by atoms with Gasteiger partial charge in [0.1, 0.15) is 18.2 Å². The summed E-state index contributed by atoms with van der Waals surface area (Å²) in [5, 5.41) is 0. The quantitative estimate of drug-likeness (QED) is 0.838. The van der Waals surface area contributed by atoms with Gasteiger partial charge in [-0.15, -0.1) is 0 Å². The van der Waals surface area contributed by atoms with Crippen molar-refractivity contribution in [2.24, 2.45) is 0 Å². The lowest BCUT2D eigenvalue weighted by atomic mass is 10.1. The standard InChI is InChI=1S/C15H16FNO/c1-10-4-3-5-11(2)15(10)18-9-12-6-13(16)8-14(17)7-12/h3-8H,9,17H2,1-2H3. The van der Waals surface area contributed by atoms with E-state index in [0.717, 1.165) is 22.4 Å². The van der Waals surface area contributed by atoms with Gasteiger partial charge in [-0.2, -0.15) is 0 Å². The molecule has 2 aromatic carbocycles. The summed E-state index contributed by atoms with van der Waals surface area (Å²) in [5.74, 6) is 0.510. The minimum Gasteiger partial charge on any atom is -0.488 e. The second-order valence-electron chi connectivity index (χ2n) is 4.40. The van der Waals surface area contributed by atoms with Crippen molar-refractivity contribution in [3.8, 4) is 5.75 Å².